The lowest BCUT2D eigenvalue weighted by Gasteiger charge is -2.19. The highest BCUT2D eigenvalue weighted by Crippen LogP contribution is 2.44. The van der Waals surface area contributed by atoms with Crippen LogP contribution < -0.4 is 10.6 Å². The Hall–Kier alpha value is -5.58. The van der Waals surface area contributed by atoms with Crippen LogP contribution in [0.4, 0.5) is 10.6 Å². The first-order valence-corrected chi connectivity index (χ1v) is 15.4. The second-order valence-corrected chi connectivity index (χ2v) is 11.4. The SMILES string of the molecule is Cc1ncnc(NC(=O)c2ccc(CNC(=O)COC(=O)CCCN(C)C(=O)OCC3c4ccccc4-c4ccccc43)cc2)c1C. The lowest BCUT2D eigenvalue weighted by atomic mass is 9.98. The largest absolute Gasteiger partial charge is 0.456 e. The Kier molecular flexibility index (Phi) is 10.6. The lowest BCUT2D eigenvalue weighted by Crippen LogP contribution is -2.30. The van der Waals surface area contributed by atoms with E-state index in [1.807, 2.05) is 38.1 Å². The van der Waals surface area contributed by atoms with E-state index in [9.17, 15) is 19.2 Å². The van der Waals surface area contributed by atoms with Gasteiger partial charge in [-0.05, 0) is 60.2 Å². The number of aryl methyl sites for hydroxylation is 1. The molecule has 1 heterocycles. The van der Waals surface area contributed by atoms with E-state index >= 15 is 0 Å². The van der Waals surface area contributed by atoms with Gasteiger partial charge in [0.1, 0.15) is 18.8 Å². The fourth-order valence-corrected chi connectivity index (χ4v) is 5.34. The minimum atomic E-state index is -0.537. The van der Waals surface area contributed by atoms with E-state index < -0.39 is 24.6 Å². The van der Waals surface area contributed by atoms with Gasteiger partial charge >= 0.3 is 12.1 Å². The average Bonchev–Trinajstić information content (AvgIpc) is 3.41. The molecule has 242 valence electrons. The number of hydrogen-bond acceptors (Lipinski definition) is 8. The topological polar surface area (TPSA) is 140 Å². The number of anilines is 1. The molecule has 0 atom stereocenters. The molecule has 3 amide bonds. The molecule has 2 N–H and O–H groups in total. The average molecular weight is 636 g/mol. The van der Waals surface area contributed by atoms with E-state index in [-0.39, 0.29) is 31.4 Å². The number of esters is 1. The number of ether oxygens (including phenoxy) is 2. The highest BCUT2D eigenvalue weighted by atomic mass is 16.6. The first kappa shape index (κ1) is 32.8. The quantitative estimate of drug-likeness (QED) is 0.203. The second kappa shape index (κ2) is 15.1. The molecular weight excluding hydrogens is 598 g/mol. The van der Waals surface area contributed by atoms with Gasteiger partial charge in [-0.15, -0.1) is 0 Å². The standard InChI is InChI=1S/C36H37N5O6/c1-23-24(2)38-22-39-34(23)40-35(44)26-16-14-25(15-17-26)19-37-32(42)21-46-33(43)13-8-18-41(3)36(45)47-20-31-29-11-6-4-9-27(29)28-10-5-7-12-30(28)31/h4-7,9-12,14-17,22,31H,8,13,18-21H2,1-3H3,(H,37,42)(H,38,39,40,44). The van der Waals surface area contributed by atoms with Crippen LogP contribution in [-0.2, 0) is 25.6 Å². The molecule has 0 fully saturated rings. The van der Waals surface area contributed by atoms with Crippen LogP contribution in [0.5, 0.6) is 0 Å². The number of amides is 3. The molecule has 0 saturated heterocycles. The summed E-state index contributed by atoms with van der Waals surface area (Å²) in [5.41, 5.74) is 7.38. The maximum atomic E-state index is 12.7. The van der Waals surface area contributed by atoms with Gasteiger partial charge in [0.05, 0.1) is 0 Å². The van der Waals surface area contributed by atoms with Crippen molar-refractivity contribution >= 4 is 29.7 Å². The number of rotatable bonds is 12. The minimum Gasteiger partial charge on any atom is -0.456 e. The van der Waals surface area contributed by atoms with Gasteiger partial charge in [0.2, 0.25) is 0 Å². The molecular formula is C36H37N5O6. The van der Waals surface area contributed by atoms with Crippen LogP contribution in [0.2, 0.25) is 0 Å². The summed E-state index contributed by atoms with van der Waals surface area (Å²) in [4.78, 5) is 59.3. The summed E-state index contributed by atoms with van der Waals surface area (Å²) in [6.07, 6.45) is 1.34. The summed E-state index contributed by atoms with van der Waals surface area (Å²) in [5, 5.41) is 5.47. The van der Waals surface area contributed by atoms with Crippen molar-refractivity contribution in [3.63, 3.8) is 0 Å². The third-order valence-electron chi connectivity index (χ3n) is 8.16. The first-order valence-electron chi connectivity index (χ1n) is 15.4. The maximum Gasteiger partial charge on any atom is 0.409 e. The third kappa shape index (κ3) is 8.18. The van der Waals surface area contributed by atoms with Gasteiger partial charge in [0.15, 0.2) is 6.61 Å². The molecule has 1 aromatic heterocycles. The van der Waals surface area contributed by atoms with Gasteiger partial charge in [-0.3, -0.25) is 14.4 Å². The smallest absolute Gasteiger partial charge is 0.409 e. The molecule has 0 bridgehead atoms. The van der Waals surface area contributed by atoms with Crippen molar-refractivity contribution in [3.05, 3.63) is 113 Å². The highest BCUT2D eigenvalue weighted by molar-refractivity contribution is 6.04. The van der Waals surface area contributed by atoms with Gasteiger partial charge in [-0.25, -0.2) is 14.8 Å². The molecule has 5 rings (SSSR count). The van der Waals surface area contributed by atoms with E-state index in [2.05, 4.69) is 44.9 Å². The minimum absolute atomic E-state index is 0.0311. The molecule has 11 nitrogen and oxygen atoms in total. The Bertz CT molecular complexity index is 1730. The van der Waals surface area contributed by atoms with Gasteiger partial charge in [0.25, 0.3) is 11.8 Å². The zero-order chi connectivity index (χ0) is 33.3. The Morgan fingerprint density at radius 2 is 1.51 bits per heavy atom. The van der Waals surface area contributed by atoms with E-state index in [1.54, 1.807) is 31.3 Å². The Balaban J connectivity index is 0.971. The van der Waals surface area contributed by atoms with Crippen LogP contribution in [0.25, 0.3) is 11.1 Å². The molecule has 3 aromatic carbocycles. The van der Waals surface area contributed by atoms with Crippen molar-refractivity contribution in [2.24, 2.45) is 0 Å². The summed E-state index contributed by atoms with van der Waals surface area (Å²) in [5.74, 6) is -0.873. The second-order valence-electron chi connectivity index (χ2n) is 11.4. The molecule has 1 aliphatic rings. The highest BCUT2D eigenvalue weighted by Gasteiger charge is 2.29. The summed E-state index contributed by atoms with van der Waals surface area (Å²) in [7, 11) is 1.62. The van der Waals surface area contributed by atoms with Gasteiger partial charge in [-0.1, -0.05) is 60.7 Å². The molecule has 47 heavy (non-hydrogen) atoms. The molecule has 1 aliphatic carbocycles. The van der Waals surface area contributed by atoms with Crippen LogP contribution in [0, 0.1) is 13.8 Å². The van der Waals surface area contributed by atoms with E-state index in [0.29, 0.717) is 24.3 Å². The number of carbonyl (C=O) groups is 4. The number of benzene rings is 3. The molecule has 11 heteroatoms. The number of hydrogen-bond donors (Lipinski definition) is 2. The van der Waals surface area contributed by atoms with Gasteiger partial charge < -0.3 is 25.0 Å². The molecule has 0 saturated carbocycles. The number of carbonyl (C=O) groups excluding carboxylic acids is 4. The lowest BCUT2D eigenvalue weighted by molar-refractivity contribution is -0.148. The fraction of sp³-hybridized carbons (Fsp3) is 0.278. The zero-order valence-electron chi connectivity index (χ0n) is 26.6. The van der Waals surface area contributed by atoms with Crippen molar-refractivity contribution in [2.45, 2.75) is 39.2 Å². The third-order valence-corrected chi connectivity index (χ3v) is 8.16. The molecule has 4 aromatic rings. The van der Waals surface area contributed by atoms with Gasteiger partial charge in [0, 0.05) is 49.3 Å². The van der Waals surface area contributed by atoms with Gasteiger partial charge in [-0.2, -0.15) is 0 Å². The van der Waals surface area contributed by atoms with E-state index in [0.717, 1.165) is 39.1 Å². The van der Waals surface area contributed by atoms with Crippen molar-refractivity contribution in [1.82, 2.24) is 20.2 Å². The van der Waals surface area contributed by atoms with Crippen molar-refractivity contribution in [3.8, 4) is 11.1 Å². The fourth-order valence-electron chi connectivity index (χ4n) is 5.34. The summed E-state index contributed by atoms with van der Waals surface area (Å²) < 4.78 is 10.7. The molecule has 0 spiro atoms. The predicted octanol–water partition coefficient (Wildman–Crippen LogP) is 5.17. The number of aromatic nitrogens is 2. The van der Waals surface area contributed by atoms with Crippen molar-refractivity contribution in [2.75, 3.05) is 32.1 Å². The molecule has 0 unspecified atom stereocenters. The summed E-state index contributed by atoms with van der Waals surface area (Å²) >= 11 is 0. The van der Waals surface area contributed by atoms with Crippen LogP contribution >= 0.6 is 0 Å². The Morgan fingerprint density at radius 1 is 0.851 bits per heavy atom. The van der Waals surface area contributed by atoms with Crippen molar-refractivity contribution < 1.29 is 28.7 Å². The Labute approximate surface area is 273 Å². The van der Waals surface area contributed by atoms with E-state index in [1.165, 1.54) is 11.2 Å². The normalized spacial score (nSPS) is 11.6. The first-order chi connectivity index (χ1) is 22.7. The maximum absolute atomic E-state index is 12.7. The Morgan fingerprint density at radius 3 is 2.19 bits per heavy atom. The van der Waals surface area contributed by atoms with Crippen LogP contribution in [-0.4, -0.2) is 65.6 Å². The zero-order valence-corrected chi connectivity index (χ0v) is 26.6. The van der Waals surface area contributed by atoms with Crippen molar-refractivity contribution in [1.29, 1.82) is 0 Å². The number of fused-ring (bicyclic) bond motifs is 3. The van der Waals surface area contributed by atoms with Crippen LogP contribution in [0.1, 0.15) is 57.1 Å². The predicted molar refractivity (Wildman–Crippen MR) is 176 cm³/mol. The monoisotopic (exact) mass is 635 g/mol. The van der Waals surface area contributed by atoms with Crippen LogP contribution in [0.15, 0.2) is 79.1 Å². The van der Waals surface area contributed by atoms with Crippen LogP contribution in [0.3, 0.4) is 0 Å². The summed E-state index contributed by atoms with van der Waals surface area (Å²) in [6, 6.07) is 23.0. The number of nitrogens with zero attached hydrogens (tertiary/aromatic N) is 3. The van der Waals surface area contributed by atoms with E-state index in [4.69, 9.17) is 9.47 Å². The molecule has 0 radical (unpaired) electrons. The summed E-state index contributed by atoms with van der Waals surface area (Å²) in [6.45, 7) is 3.98. The number of nitrogens with one attached hydrogen (secondary N) is 2. The molecule has 0 aliphatic heterocycles.